The van der Waals surface area contributed by atoms with Gasteiger partial charge in [-0.1, -0.05) is 24.3 Å². The van der Waals surface area contributed by atoms with E-state index in [-0.39, 0.29) is 5.69 Å². The van der Waals surface area contributed by atoms with Crippen molar-refractivity contribution in [1.29, 1.82) is 0 Å². The Morgan fingerprint density at radius 3 is 1.75 bits per heavy atom. The molecular weight excluding hydrogens is 271 g/mol. The minimum atomic E-state index is -4.34. The minimum Gasteiger partial charge on any atom is -0.258 e. The van der Waals surface area contributed by atoms with Crippen LogP contribution in [0.3, 0.4) is 0 Å². The maximum Gasteiger partial charge on any atom is 0.416 e. The molecule has 0 aliphatic rings. The number of hydrogen-bond acceptors (Lipinski definition) is 2. The lowest BCUT2D eigenvalue weighted by Gasteiger charge is -2.07. The van der Waals surface area contributed by atoms with E-state index in [1.54, 1.807) is 12.1 Å². The van der Waals surface area contributed by atoms with Gasteiger partial charge in [-0.2, -0.15) is 13.2 Å². The first-order valence-electron chi connectivity index (χ1n) is 5.76. The Bertz CT molecular complexity index is 604. The summed E-state index contributed by atoms with van der Waals surface area (Å²) < 4.78 is 37.2. The largest absolute Gasteiger partial charge is 0.416 e. The van der Waals surface area contributed by atoms with Gasteiger partial charge in [0.2, 0.25) is 0 Å². The number of hydrogen-bond donors (Lipinski definition) is 0. The molecule has 0 N–H and O–H groups in total. The first kappa shape index (κ1) is 14.0. The van der Waals surface area contributed by atoms with Gasteiger partial charge in [0.25, 0.3) is 5.69 Å². The zero-order chi connectivity index (χ0) is 14.8. The second-order valence-corrected chi connectivity index (χ2v) is 4.30. The first-order valence-corrected chi connectivity index (χ1v) is 5.76. The van der Waals surface area contributed by atoms with Crippen molar-refractivity contribution in [3.63, 3.8) is 0 Å². The Morgan fingerprint density at radius 1 is 0.900 bits per heavy atom. The average Bonchev–Trinajstić information content (AvgIpc) is 2.39. The predicted octanol–water partition coefficient (Wildman–Crippen LogP) is 4.20. The van der Waals surface area contributed by atoms with Crippen LogP contribution in [0.4, 0.5) is 18.9 Å². The van der Waals surface area contributed by atoms with Crippen LogP contribution in [0.5, 0.6) is 0 Å². The topological polar surface area (TPSA) is 43.1 Å². The number of non-ortho nitro benzene ring substituents is 1. The highest BCUT2D eigenvalue weighted by atomic mass is 19.4. The smallest absolute Gasteiger partial charge is 0.258 e. The summed E-state index contributed by atoms with van der Waals surface area (Å²) in [4.78, 5) is 10.0. The zero-order valence-corrected chi connectivity index (χ0v) is 10.2. The molecular formula is C14H10F3NO2. The summed E-state index contributed by atoms with van der Waals surface area (Å²) in [5, 5.41) is 10.5. The third kappa shape index (κ3) is 3.34. The van der Waals surface area contributed by atoms with Crippen molar-refractivity contribution in [2.75, 3.05) is 0 Å². The van der Waals surface area contributed by atoms with Crippen LogP contribution >= 0.6 is 0 Å². The molecule has 0 aliphatic heterocycles. The van der Waals surface area contributed by atoms with Crippen LogP contribution in [-0.4, -0.2) is 4.92 Å². The van der Waals surface area contributed by atoms with Crippen LogP contribution in [0.25, 0.3) is 0 Å². The van der Waals surface area contributed by atoms with E-state index in [0.717, 1.165) is 17.7 Å². The summed E-state index contributed by atoms with van der Waals surface area (Å²) in [6.45, 7) is 0. The summed E-state index contributed by atoms with van der Waals surface area (Å²) in [6.07, 6.45) is -3.91. The molecule has 0 unspecified atom stereocenters. The molecule has 0 radical (unpaired) electrons. The van der Waals surface area contributed by atoms with Gasteiger partial charge in [-0.05, 0) is 29.7 Å². The van der Waals surface area contributed by atoms with Crippen molar-refractivity contribution in [3.8, 4) is 0 Å². The van der Waals surface area contributed by atoms with Gasteiger partial charge in [-0.3, -0.25) is 10.1 Å². The zero-order valence-electron chi connectivity index (χ0n) is 10.2. The normalized spacial score (nSPS) is 11.3. The van der Waals surface area contributed by atoms with Crippen LogP contribution in [0.2, 0.25) is 0 Å². The van der Waals surface area contributed by atoms with E-state index in [2.05, 4.69) is 0 Å². The molecule has 2 aromatic rings. The maximum atomic E-state index is 12.4. The van der Waals surface area contributed by atoms with E-state index >= 15 is 0 Å². The molecule has 0 atom stereocenters. The van der Waals surface area contributed by atoms with E-state index < -0.39 is 16.7 Å². The van der Waals surface area contributed by atoms with Crippen molar-refractivity contribution in [3.05, 3.63) is 75.3 Å². The van der Waals surface area contributed by atoms with Crippen LogP contribution in [0.1, 0.15) is 16.7 Å². The number of alkyl halides is 3. The minimum absolute atomic E-state index is 0.0128. The highest BCUT2D eigenvalue weighted by Gasteiger charge is 2.29. The Kier molecular flexibility index (Phi) is 3.74. The van der Waals surface area contributed by atoms with Crippen molar-refractivity contribution in [1.82, 2.24) is 0 Å². The van der Waals surface area contributed by atoms with Crippen LogP contribution < -0.4 is 0 Å². The Labute approximate surface area is 112 Å². The standard InChI is InChI=1S/C14H10F3NO2/c15-14(16,17)12-5-1-10(2-6-12)9-11-3-7-13(8-4-11)18(19)20/h1-8H,9H2. The Balaban J connectivity index is 2.12. The molecule has 2 rings (SSSR count). The third-order valence-corrected chi connectivity index (χ3v) is 2.84. The lowest BCUT2D eigenvalue weighted by Crippen LogP contribution is -2.04. The second-order valence-electron chi connectivity index (χ2n) is 4.30. The molecule has 0 aliphatic carbocycles. The Morgan fingerprint density at radius 2 is 1.35 bits per heavy atom. The number of nitro benzene ring substituents is 1. The predicted molar refractivity (Wildman–Crippen MR) is 67.3 cm³/mol. The summed E-state index contributed by atoms with van der Waals surface area (Å²) in [5.74, 6) is 0. The summed E-state index contributed by atoms with van der Waals surface area (Å²) in [7, 11) is 0. The van der Waals surface area contributed by atoms with Crippen LogP contribution in [-0.2, 0) is 12.6 Å². The fraction of sp³-hybridized carbons (Fsp3) is 0.143. The first-order chi connectivity index (χ1) is 9.36. The lowest BCUT2D eigenvalue weighted by molar-refractivity contribution is -0.384. The van der Waals surface area contributed by atoms with E-state index in [1.807, 2.05) is 0 Å². The third-order valence-electron chi connectivity index (χ3n) is 2.84. The van der Waals surface area contributed by atoms with Gasteiger partial charge in [-0.15, -0.1) is 0 Å². The highest BCUT2D eigenvalue weighted by Crippen LogP contribution is 2.29. The Hall–Kier alpha value is -2.37. The number of halogens is 3. The van der Waals surface area contributed by atoms with E-state index in [0.29, 0.717) is 12.0 Å². The number of rotatable bonds is 3. The van der Waals surface area contributed by atoms with Gasteiger partial charge in [0, 0.05) is 12.1 Å². The van der Waals surface area contributed by atoms with Gasteiger partial charge in [0.15, 0.2) is 0 Å². The molecule has 104 valence electrons. The molecule has 0 saturated heterocycles. The number of nitro groups is 1. The van der Waals surface area contributed by atoms with E-state index in [9.17, 15) is 23.3 Å². The quantitative estimate of drug-likeness (QED) is 0.625. The molecule has 2 aromatic carbocycles. The fourth-order valence-corrected chi connectivity index (χ4v) is 1.78. The van der Waals surface area contributed by atoms with Crippen LogP contribution in [0.15, 0.2) is 48.5 Å². The van der Waals surface area contributed by atoms with Gasteiger partial charge >= 0.3 is 6.18 Å². The molecule has 0 fully saturated rings. The van der Waals surface area contributed by atoms with Gasteiger partial charge in [0.05, 0.1) is 10.5 Å². The van der Waals surface area contributed by atoms with Crippen LogP contribution in [0, 0.1) is 10.1 Å². The monoisotopic (exact) mass is 281 g/mol. The molecule has 3 nitrogen and oxygen atoms in total. The fourth-order valence-electron chi connectivity index (χ4n) is 1.78. The van der Waals surface area contributed by atoms with E-state index in [4.69, 9.17) is 0 Å². The van der Waals surface area contributed by atoms with Gasteiger partial charge in [0.1, 0.15) is 0 Å². The highest BCUT2D eigenvalue weighted by molar-refractivity contribution is 5.36. The summed E-state index contributed by atoms with van der Waals surface area (Å²) in [6, 6.07) is 10.8. The van der Waals surface area contributed by atoms with Gasteiger partial charge < -0.3 is 0 Å². The molecule has 0 aromatic heterocycles. The molecule has 0 heterocycles. The molecule has 0 spiro atoms. The molecule has 0 bridgehead atoms. The summed E-state index contributed by atoms with van der Waals surface area (Å²) in [5.41, 5.74) is 0.813. The second kappa shape index (κ2) is 5.32. The SMILES string of the molecule is O=[N+]([O-])c1ccc(Cc2ccc(C(F)(F)F)cc2)cc1. The molecule has 0 saturated carbocycles. The van der Waals surface area contributed by atoms with E-state index in [1.165, 1.54) is 24.3 Å². The van der Waals surface area contributed by atoms with Crippen molar-refractivity contribution in [2.45, 2.75) is 12.6 Å². The van der Waals surface area contributed by atoms with Gasteiger partial charge in [-0.25, -0.2) is 0 Å². The van der Waals surface area contributed by atoms with Crippen molar-refractivity contribution >= 4 is 5.69 Å². The lowest BCUT2D eigenvalue weighted by atomic mass is 10.0. The number of benzene rings is 2. The average molecular weight is 281 g/mol. The summed E-state index contributed by atoms with van der Waals surface area (Å²) >= 11 is 0. The molecule has 0 amide bonds. The molecule has 6 heteroatoms. The number of nitrogens with zero attached hydrogens (tertiary/aromatic N) is 1. The maximum absolute atomic E-state index is 12.4. The van der Waals surface area contributed by atoms with Crippen molar-refractivity contribution in [2.24, 2.45) is 0 Å². The van der Waals surface area contributed by atoms with Crippen molar-refractivity contribution < 1.29 is 18.1 Å². The molecule has 20 heavy (non-hydrogen) atoms.